The summed E-state index contributed by atoms with van der Waals surface area (Å²) < 4.78 is 17.1. The molecule has 0 aliphatic rings. The highest BCUT2D eigenvalue weighted by molar-refractivity contribution is 5.95. The third-order valence-electron chi connectivity index (χ3n) is 4.35. The summed E-state index contributed by atoms with van der Waals surface area (Å²) in [5, 5.41) is 4.04. The number of nitrogens with one attached hydrogen (secondary N) is 1. The van der Waals surface area contributed by atoms with E-state index >= 15 is 0 Å². The van der Waals surface area contributed by atoms with Gasteiger partial charge in [0.25, 0.3) is 5.91 Å². The lowest BCUT2D eigenvalue weighted by molar-refractivity contribution is 0.0954. The van der Waals surface area contributed by atoms with E-state index in [-0.39, 0.29) is 5.91 Å². The first-order valence-electron chi connectivity index (χ1n) is 10.3. The number of hydrazone groups is 1. The summed E-state index contributed by atoms with van der Waals surface area (Å²) in [5.74, 6) is 1.43. The molecule has 6 heteroatoms. The van der Waals surface area contributed by atoms with Crippen molar-refractivity contribution in [3.05, 3.63) is 102 Å². The molecule has 0 spiro atoms. The number of benzene rings is 3. The Morgan fingerprint density at radius 2 is 1.81 bits per heavy atom. The van der Waals surface area contributed by atoms with Crippen LogP contribution in [0.3, 0.4) is 0 Å². The van der Waals surface area contributed by atoms with Crippen molar-refractivity contribution in [2.24, 2.45) is 5.10 Å². The van der Waals surface area contributed by atoms with Gasteiger partial charge >= 0.3 is 0 Å². The van der Waals surface area contributed by atoms with E-state index < -0.39 is 0 Å². The molecule has 0 fully saturated rings. The third kappa shape index (κ3) is 6.74. The summed E-state index contributed by atoms with van der Waals surface area (Å²) in [6, 6.07) is 22.3. The molecule has 0 aromatic heterocycles. The molecule has 0 heterocycles. The summed E-state index contributed by atoms with van der Waals surface area (Å²) in [7, 11) is 0. The number of rotatable bonds is 11. The predicted octanol–water partition coefficient (Wildman–Crippen LogP) is 4.99. The number of hydrogen-bond donors (Lipinski definition) is 1. The van der Waals surface area contributed by atoms with E-state index in [1.54, 1.807) is 30.5 Å². The molecule has 32 heavy (non-hydrogen) atoms. The molecule has 3 rings (SSSR count). The van der Waals surface area contributed by atoms with Crippen molar-refractivity contribution < 1.29 is 19.0 Å². The zero-order chi connectivity index (χ0) is 22.6. The van der Waals surface area contributed by atoms with Gasteiger partial charge in [-0.1, -0.05) is 55.1 Å². The first-order valence-corrected chi connectivity index (χ1v) is 10.3. The van der Waals surface area contributed by atoms with E-state index in [4.69, 9.17) is 14.2 Å². The van der Waals surface area contributed by atoms with Gasteiger partial charge in [0, 0.05) is 5.56 Å². The van der Waals surface area contributed by atoms with Gasteiger partial charge < -0.3 is 14.2 Å². The Morgan fingerprint density at radius 1 is 0.969 bits per heavy atom. The quantitative estimate of drug-likeness (QED) is 0.264. The van der Waals surface area contributed by atoms with Gasteiger partial charge in [-0.3, -0.25) is 4.79 Å². The molecule has 0 saturated carbocycles. The number of hydrogen-bond acceptors (Lipinski definition) is 5. The average Bonchev–Trinajstić information content (AvgIpc) is 2.83. The van der Waals surface area contributed by atoms with Gasteiger partial charge in [-0.2, -0.15) is 5.10 Å². The van der Waals surface area contributed by atoms with Gasteiger partial charge in [0.1, 0.15) is 19.0 Å². The van der Waals surface area contributed by atoms with Gasteiger partial charge in [0.05, 0.1) is 12.8 Å². The van der Waals surface area contributed by atoms with Crippen LogP contribution in [0.1, 0.15) is 28.4 Å². The molecular weight excluding hydrogens is 404 g/mol. The van der Waals surface area contributed by atoms with Crippen molar-refractivity contribution in [1.82, 2.24) is 5.43 Å². The van der Waals surface area contributed by atoms with Crippen molar-refractivity contribution in [1.29, 1.82) is 0 Å². The molecule has 0 aliphatic carbocycles. The van der Waals surface area contributed by atoms with Crippen LogP contribution in [-0.2, 0) is 6.61 Å². The second-order valence-corrected chi connectivity index (χ2v) is 6.74. The molecule has 0 atom stereocenters. The molecule has 0 saturated heterocycles. The maximum absolute atomic E-state index is 12.5. The lowest BCUT2D eigenvalue weighted by atomic mass is 10.2. The van der Waals surface area contributed by atoms with E-state index in [9.17, 15) is 4.79 Å². The summed E-state index contributed by atoms with van der Waals surface area (Å²) in [5.41, 5.74) is 4.80. The van der Waals surface area contributed by atoms with Crippen LogP contribution >= 0.6 is 0 Å². The number of nitrogens with zero attached hydrogens (tertiary/aromatic N) is 1. The SMILES string of the molecule is C=CCOc1cccc(/C=N/NC(=O)c2ccc(OCc3ccccc3)c(OCC)c2)c1. The molecule has 6 nitrogen and oxygen atoms in total. The fourth-order valence-electron chi connectivity index (χ4n) is 2.84. The molecule has 1 amide bonds. The first-order chi connectivity index (χ1) is 15.7. The number of carbonyl (C=O) groups excluding carboxylic acids is 1. The minimum Gasteiger partial charge on any atom is -0.490 e. The second kappa shape index (κ2) is 12.0. The average molecular weight is 431 g/mol. The van der Waals surface area contributed by atoms with Gasteiger partial charge in [0.15, 0.2) is 11.5 Å². The third-order valence-corrected chi connectivity index (χ3v) is 4.35. The van der Waals surface area contributed by atoms with Crippen LogP contribution in [0.5, 0.6) is 17.2 Å². The van der Waals surface area contributed by atoms with Gasteiger partial charge in [-0.25, -0.2) is 5.43 Å². The summed E-state index contributed by atoms with van der Waals surface area (Å²) in [6.45, 7) is 6.79. The molecule has 164 valence electrons. The Bertz CT molecular complexity index is 1060. The van der Waals surface area contributed by atoms with Crippen LogP contribution in [0.15, 0.2) is 90.6 Å². The van der Waals surface area contributed by atoms with Gasteiger partial charge in [0.2, 0.25) is 0 Å². The van der Waals surface area contributed by atoms with Crippen molar-refractivity contribution in [3.8, 4) is 17.2 Å². The zero-order valence-corrected chi connectivity index (χ0v) is 18.0. The minimum absolute atomic E-state index is 0.351. The van der Waals surface area contributed by atoms with Gasteiger partial charge in [-0.05, 0) is 48.4 Å². The smallest absolute Gasteiger partial charge is 0.271 e. The van der Waals surface area contributed by atoms with Crippen LogP contribution < -0.4 is 19.6 Å². The predicted molar refractivity (Wildman–Crippen MR) is 126 cm³/mol. The van der Waals surface area contributed by atoms with Gasteiger partial charge in [-0.15, -0.1) is 0 Å². The molecule has 0 unspecified atom stereocenters. The van der Waals surface area contributed by atoms with Crippen molar-refractivity contribution in [2.45, 2.75) is 13.5 Å². The minimum atomic E-state index is -0.351. The van der Waals surface area contributed by atoms with Crippen LogP contribution in [0, 0.1) is 0 Å². The molecule has 0 radical (unpaired) electrons. The Balaban J connectivity index is 1.63. The summed E-state index contributed by atoms with van der Waals surface area (Å²) >= 11 is 0. The highest BCUT2D eigenvalue weighted by atomic mass is 16.5. The van der Waals surface area contributed by atoms with E-state index in [1.807, 2.05) is 61.5 Å². The fraction of sp³-hybridized carbons (Fsp3) is 0.154. The van der Waals surface area contributed by atoms with E-state index in [2.05, 4.69) is 17.1 Å². The molecule has 3 aromatic carbocycles. The molecule has 1 N–H and O–H groups in total. The highest BCUT2D eigenvalue weighted by Gasteiger charge is 2.11. The number of amides is 1. The van der Waals surface area contributed by atoms with E-state index in [0.29, 0.717) is 42.6 Å². The van der Waals surface area contributed by atoms with Crippen LogP contribution in [0.25, 0.3) is 0 Å². The topological polar surface area (TPSA) is 69.2 Å². The van der Waals surface area contributed by atoms with Crippen LogP contribution in [0.2, 0.25) is 0 Å². The number of ether oxygens (including phenoxy) is 3. The molecule has 0 bridgehead atoms. The van der Waals surface area contributed by atoms with Crippen LogP contribution in [-0.4, -0.2) is 25.3 Å². The molecular formula is C26H26N2O4. The van der Waals surface area contributed by atoms with Crippen molar-refractivity contribution in [2.75, 3.05) is 13.2 Å². The molecule has 3 aromatic rings. The Labute approximate surface area is 188 Å². The lowest BCUT2D eigenvalue weighted by Gasteiger charge is -2.13. The lowest BCUT2D eigenvalue weighted by Crippen LogP contribution is -2.17. The normalized spacial score (nSPS) is 10.5. The molecule has 0 aliphatic heterocycles. The largest absolute Gasteiger partial charge is 0.490 e. The maximum Gasteiger partial charge on any atom is 0.271 e. The van der Waals surface area contributed by atoms with E-state index in [1.165, 1.54) is 0 Å². The maximum atomic E-state index is 12.5. The summed E-state index contributed by atoms with van der Waals surface area (Å²) in [6.07, 6.45) is 3.23. The van der Waals surface area contributed by atoms with Crippen molar-refractivity contribution in [3.63, 3.8) is 0 Å². The Morgan fingerprint density at radius 3 is 2.59 bits per heavy atom. The standard InChI is InChI=1S/C26H26N2O4/c1-3-15-31-23-12-8-11-21(16-23)18-27-28-26(29)22-13-14-24(25(17-22)30-4-2)32-19-20-9-6-5-7-10-20/h3,5-14,16-18H,1,4,15,19H2,2H3,(H,28,29)/b27-18+. The second-order valence-electron chi connectivity index (χ2n) is 6.74. The monoisotopic (exact) mass is 430 g/mol. The van der Waals surface area contributed by atoms with E-state index in [0.717, 1.165) is 11.1 Å². The fourth-order valence-corrected chi connectivity index (χ4v) is 2.84. The Kier molecular flexibility index (Phi) is 8.45. The zero-order valence-electron chi connectivity index (χ0n) is 18.0. The number of carbonyl (C=O) groups is 1. The first kappa shape index (κ1) is 22.6. The van der Waals surface area contributed by atoms with Crippen molar-refractivity contribution >= 4 is 12.1 Å². The van der Waals surface area contributed by atoms with Crippen LogP contribution in [0.4, 0.5) is 0 Å². The highest BCUT2D eigenvalue weighted by Crippen LogP contribution is 2.29. The Hall–Kier alpha value is -4.06. The summed E-state index contributed by atoms with van der Waals surface area (Å²) in [4.78, 5) is 12.5.